The molecule has 0 spiro atoms. The van der Waals surface area contributed by atoms with E-state index < -0.39 is 54.5 Å². The van der Waals surface area contributed by atoms with Crippen molar-refractivity contribution in [2.24, 2.45) is 5.73 Å². The van der Waals surface area contributed by atoms with Crippen LogP contribution in [0.3, 0.4) is 0 Å². The van der Waals surface area contributed by atoms with Crippen LogP contribution in [0.5, 0.6) is 0 Å². The highest BCUT2D eigenvalue weighted by Crippen LogP contribution is 2.30. The third kappa shape index (κ3) is 3.87. The van der Waals surface area contributed by atoms with Crippen molar-refractivity contribution < 1.29 is 39.9 Å². The number of aliphatic hydroxyl groups excluding tert-OH is 3. The van der Waals surface area contributed by atoms with Crippen LogP contribution in [-0.4, -0.2) is 80.2 Å². The number of hydrogen-bond acceptors (Lipinski definition) is 8. The number of carbonyl (C=O) groups is 2. The van der Waals surface area contributed by atoms with Crippen LogP contribution >= 0.6 is 0 Å². The van der Waals surface area contributed by atoms with Crippen LogP contribution in [0.4, 0.5) is 0 Å². The second kappa shape index (κ2) is 6.64. The fourth-order valence-electron chi connectivity index (χ4n) is 2.17. The van der Waals surface area contributed by atoms with Gasteiger partial charge in [0.1, 0.15) is 12.2 Å². The number of hydrogen-bond donors (Lipinski definition) is 7. The van der Waals surface area contributed by atoms with Crippen molar-refractivity contribution in [1.29, 1.82) is 0 Å². The first-order valence-corrected chi connectivity index (χ1v) is 6.27. The molecule has 1 saturated heterocycles. The molecule has 21 heavy (non-hydrogen) atoms. The number of carboxylic acids is 1. The lowest BCUT2D eigenvalue weighted by Gasteiger charge is -2.44. The normalized spacial score (nSPS) is 35.8. The summed E-state index contributed by atoms with van der Waals surface area (Å²) in [5.74, 6) is -5.07. The van der Waals surface area contributed by atoms with Gasteiger partial charge in [0, 0.05) is 19.9 Å². The Kier molecular flexibility index (Phi) is 5.61. The molecule has 0 aromatic rings. The van der Waals surface area contributed by atoms with Crippen molar-refractivity contribution in [3.05, 3.63) is 0 Å². The van der Waals surface area contributed by atoms with E-state index in [0.717, 1.165) is 6.92 Å². The maximum Gasteiger partial charge on any atom is 0.364 e. The Morgan fingerprint density at radius 2 is 2.05 bits per heavy atom. The SMILES string of the molecule is CC(=O)N[C@H]1[C@@H]([C@@H](O)[C@@H](O)CN)O[C@@](O)(C(=O)O)C[C@H]1O. The molecule has 10 heteroatoms. The maximum atomic E-state index is 11.1. The molecule has 0 unspecified atom stereocenters. The molecule has 8 N–H and O–H groups in total. The first-order chi connectivity index (χ1) is 9.62. The van der Waals surface area contributed by atoms with Crippen LogP contribution in [0.25, 0.3) is 0 Å². The molecule has 0 aromatic heterocycles. The molecule has 0 radical (unpaired) electrons. The molecule has 1 amide bonds. The van der Waals surface area contributed by atoms with Gasteiger partial charge in [-0.3, -0.25) is 4.79 Å². The second-order valence-electron chi connectivity index (χ2n) is 4.96. The summed E-state index contributed by atoms with van der Waals surface area (Å²) in [5, 5.41) is 50.5. The third-order valence-electron chi connectivity index (χ3n) is 3.26. The Morgan fingerprint density at radius 3 is 2.48 bits per heavy atom. The molecule has 0 saturated carbocycles. The Morgan fingerprint density at radius 1 is 1.48 bits per heavy atom. The molecule has 10 nitrogen and oxygen atoms in total. The summed E-state index contributed by atoms with van der Waals surface area (Å²) in [5.41, 5.74) is 5.19. The summed E-state index contributed by atoms with van der Waals surface area (Å²) < 4.78 is 4.92. The molecule has 1 rings (SSSR count). The van der Waals surface area contributed by atoms with E-state index in [-0.39, 0.29) is 6.54 Å². The van der Waals surface area contributed by atoms with Crippen molar-refractivity contribution in [3.8, 4) is 0 Å². The predicted octanol–water partition coefficient (Wildman–Crippen LogP) is -3.91. The van der Waals surface area contributed by atoms with Crippen molar-refractivity contribution in [3.63, 3.8) is 0 Å². The Balaban J connectivity index is 3.07. The predicted molar refractivity (Wildman–Crippen MR) is 66.8 cm³/mol. The van der Waals surface area contributed by atoms with Gasteiger partial charge in [0.15, 0.2) is 0 Å². The van der Waals surface area contributed by atoms with Gasteiger partial charge in [0.25, 0.3) is 5.79 Å². The number of nitrogens with one attached hydrogen (secondary N) is 1. The van der Waals surface area contributed by atoms with Gasteiger partial charge in [0.05, 0.1) is 18.2 Å². The fourth-order valence-corrected chi connectivity index (χ4v) is 2.17. The van der Waals surface area contributed by atoms with E-state index in [9.17, 15) is 30.0 Å². The zero-order chi connectivity index (χ0) is 16.4. The topological polar surface area (TPSA) is 183 Å². The van der Waals surface area contributed by atoms with Gasteiger partial charge in [-0.2, -0.15) is 0 Å². The monoisotopic (exact) mass is 308 g/mol. The van der Waals surface area contributed by atoms with E-state index in [1.165, 1.54) is 0 Å². The number of nitrogens with two attached hydrogens (primary N) is 1. The van der Waals surface area contributed by atoms with E-state index in [1.54, 1.807) is 0 Å². The lowest BCUT2D eigenvalue weighted by molar-refractivity contribution is -0.294. The first kappa shape index (κ1) is 17.8. The smallest absolute Gasteiger partial charge is 0.364 e. The highest BCUT2D eigenvalue weighted by Gasteiger charge is 2.53. The summed E-state index contributed by atoms with van der Waals surface area (Å²) in [4.78, 5) is 22.2. The lowest BCUT2D eigenvalue weighted by Crippen LogP contribution is -2.67. The van der Waals surface area contributed by atoms with Crippen molar-refractivity contribution >= 4 is 11.9 Å². The van der Waals surface area contributed by atoms with Gasteiger partial charge in [-0.1, -0.05) is 0 Å². The van der Waals surface area contributed by atoms with Crippen LogP contribution in [-0.2, 0) is 14.3 Å². The summed E-state index contributed by atoms with van der Waals surface area (Å²) in [6.45, 7) is 0.781. The average Bonchev–Trinajstić information content (AvgIpc) is 2.39. The fraction of sp³-hybridized carbons (Fsp3) is 0.818. The maximum absolute atomic E-state index is 11.1. The molecular weight excluding hydrogens is 288 g/mol. The molecule has 0 bridgehead atoms. The van der Waals surface area contributed by atoms with Crippen LogP contribution < -0.4 is 11.1 Å². The van der Waals surface area contributed by atoms with E-state index in [2.05, 4.69) is 5.32 Å². The minimum atomic E-state index is -2.74. The summed E-state index contributed by atoms with van der Waals surface area (Å²) in [6, 6.07) is -1.21. The summed E-state index contributed by atoms with van der Waals surface area (Å²) in [6.07, 6.45) is -6.98. The van der Waals surface area contributed by atoms with Crippen LogP contribution in [0.1, 0.15) is 13.3 Å². The van der Waals surface area contributed by atoms with Gasteiger partial charge in [-0.15, -0.1) is 0 Å². The number of rotatable bonds is 5. The van der Waals surface area contributed by atoms with Crippen molar-refractivity contribution in [2.45, 2.75) is 49.6 Å². The number of carboxylic acid groups (broad SMARTS) is 1. The standard InChI is InChI=1S/C11H20N2O8/c1-4(14)13-7-5(15)2-11(20,10(18)19)21-9(7)8(17)6(16)3-12/h5-9,15-17,20H,2-3,12H2,1H3,(H,13,14)(H,18,19)/t5-,6+,7-,8+,9+,11-/m1/s1. The largest absolute Gasteiger partial charge is 0.477 e. The minimum absolute atomic E-state index is 0.366. The van der Waals surface area contributed by atoms with E-state index >= 15 is 0 Å². The number of aliphatic hydroxyl groups is 4. The molecule has 1 heterocycles. The molecule has 6 atom stereocenters. The molecule has 1 aliphatic heterocycles. The van der Waals surface area contributed by atoms with Gasteiger partial charge in [-0.25, -0.2) is 4.79 Å². The molecule has 0 aliphatic carbocycles. The van der Waals surface area contributed by atoms with E-state index in [0.29, 0.717) is 0 Å². The third-order valence-corrected chi connectivity index (χ3v) is 3.26. The summed E-state index contributed by atoms with van der Waals surface area (Å²) in [7, 11) is 0. The van der Waals surface area contributed by atoms with Gasteiger partial charge in [-0.05, 0) is 0 Å². The summed E-state index contributed by atoms with van der Waals surface area (Å²) >= 11 is 0. The van der Waals surface area contributed by atoms with E-state index in [1.807, 2.05) is 0 Å². The molecular formula is C11H20N2O8. The first-order valence-electron chi connectivity index (χ1n) is 6.27. The average molecular weight is 308 g/mol. The molecule has 1 aliphatic rings. The number of carbonyl (C=O) groups excluding carboxylic acids is 1. The minimum Gasteiger partial charge on any atom is -0.477 e. The quantitative estimate of drug-likeness (QED) is 0.267. The second-order valence-corrected chi connectivity index (χ2v) is 4.96. The molecule has 0 aromatic carbocycles. The van der Waals surface area contributed by atoms with E-state index in [4.69, 9.17) is 15.6 Å². The van der Waals surface area contributed by atoms with Crippen LogP contribution in [0.2, 0.25) is 0 Å². The number of aliphatic carboxylic acids is 1. The van der Waals surface area contributed by atoms with Crippen molar-refractivity contribution in [2.75, 3.05) is 6.54 Å². The molecule has 1 fully saturated rings. The Hall–Kier alpha value is -1.30. The van der Waals surface area contributed by atoms with Crippen LogP contribution in [0.15, 0.2) is 0 Å². The van der Waals surface area contributed by atoms with Crippen molar-refractivity contribution in [1.82, 2.24) is 5.32 Å². The van der Waals surface area contributed by atoms with Gasteiger partial charge < -0.3 is 41.3 Å². The Labute approximate surface area is 120 Å². The highest BCUT2D eigenvalue weighted by molar-refractivity contribution is 5.76. The Bertz CT molecular complexity index is 406. The zero-order valence-electron chi connectivity index (χ0n) is 11.3. The number of ether oxygens (including phenoxy) is 1. The molecule has 122 valence electrons. The van der Waals surface area contributed by atoms with Crippen LogP contribution in [0, 0.1) is 0 Å². The van der Waals surface area contributed by atoms with Gasteiger partial charge >= 0.3 is 5.97 Å². The lowest BCUT2D eigenvalue weighted by atomic mass is 9.88. The highest BCUT2D eigenvalue weighted by atomic mass is 16.7. The zero-order valence-corrected chi connectivity index (χ0v) is 11.3. The number of amides is 1. The van der Waals surface area contributed by atoms with Gasteiger partial charge in [0.2, 0.25) is 5.91 Å².